The van der Waals surface area contributed by atoms with Gasteiger partial charge in [-0.2, -0.15) is 0 Å². The van der Waals surface area contributed by atoms with Crippen LogP contribution in [-0.4, -0.2) is 118 Å². The zero-order valence-corrected chi connectivity index (χ0v) is 32.3. The summed E-state index contributed by atoms with van der Waals surface area (Å²) < 4.78 is 10.3. The standard InChI is InChI=1S/C37H59N7O10/c1-24(2)30(45)20-54-23-42-32(47)18-41-37(52)29(16-27-12-8-7-9-13-27)44-33(48)19-39-31(46)17-40-34(49)21-53-22-35(50)43-28(36(51)25(3)4)14-10-11-15-38-26(5)6/h7-9,12-13,24-26,28-29,38H,10-11,14-23H2,1-6H3,(H,39,46)(H,40,49)(H,41,52)(H,42,47)(H,43,50)(H,44,48)/t28-,29-/m0/s1. The Hall–Kier alpha value is -4.74. The van der Waals surface area contributed by atoms with Gasteiger partial charge in [0, 0.05) is 24.3 Å². The van der Waals surface area contributed by atoms with Crippen LogP contribution in [0, 0.1) is 11.8 Å². The molecule has 17 nitrogen and oxygen atoms in total. The summed E-state index contributed by atoms with van der Waals surface area (Å²) in [6, 6.07) is 7.43. The first-order valence-corrected chi connectivity index (χ1v) is 18.2. The first kappa shape index (κ1) is 47.3. The molecule has 0 aliphatic carbocycles. The summed E-state index contributed by atoms with van der Waals surface area (Å²) in [5.74, 6) is -4.54. The van der Waals surface area contributed by atoms with Gasteiger partial charge in [0.1, 0.15) is 32.6 Å². The van der Waals surface area contributed by atoms with Crippen molar-refractivity contribution in [1.82, 2.24) is 37.2 Å². The van der Waals surface area contributed by atoms with Crippen molar-refractivity contribution in [3.05, 3.63) is 35.9 Å². The molecule has 1 aromatic carbocycles. The number of carbonyl (C=O) groups excluding carboxylic acids is 8. The van der Waals surface area contributed by atoms with Crippen LogP contribution in [0.1, 0.15) is 66.4 Å². The van der Waals surface area contributed by atoms with Crippen molar-refractivity contribution in [2.24, 2.45) is 11.8 Å². The van der Waals surface area contributed by atoms with Gasteiger partial charge >= 0.3 is 0 Å². The molecule has 17 heteroatoms. The molecule has 0 radical (unpaired) electrons. The SMILES string of the molecule is CC(C)NCCCC[C@H](NC(=O)COCC(=O)NCC(=O)NCC(=O)N[C@@H](Cc1ccccc1)C(=O)NCC(=O)NCOCC(=O)C(C)C)C(=O)C(C)C. The Morgan fingerprint density at radius 1 is 0.593 bits per heavy atom. The van der Waals surface area contributed by atoms with E-state index in [1.54, 1.807) is 58.0 Å². The second-order valence-corrected chi connectivity index (χ2v) is 13.6. The summed E-state index contributed by atoms with van der Waals surface area (Å²) in [4.78, 5) is 98.9. The number of ether oxygens (including phenoxy) is 2. The van der Waals surface area contributed by atoms with Gasteiger partial charge in [0.05, 0.1) is 25.7 Å². The van der Waals surface area contributed by atoms with Gasteiger partial charge < -0.3 is 46.7 Å². The molecule has 0 saturated carbocycles. The molecule has 0 bridgehead atoms. The lowest BCUT2D eigenvalue weighted by Crippen LogP contribution is -2.52. The summed E-state index contributed by atoms with van der Waals surface area (Å²) in [5, 5.41) is 18.1. The third-order valence-electron chi connectivity index (χ3n) is 7.70. The molecular weight excluding hydrogens is 702 g/mol. The van der Waals surface area contributed by atoms with E-state index < -0.39 is 80.4 Å². The van der Waals surface area contributed by atoms with Gasteiger partial charge in [-0.05, 0) is 31.4 Å². The number of hydrogen-bond acceptors (Lipinski definition) is 11. The summed E-state index contributed by atoms with van der Waals surface area (Å²) in [6.45, 7) is 9.09. The molecule has 0 aliphatic rings. The zero-order chi connectivity index (χ0) is 40.5. The highest BCUT2D eigenvalue weighted by Crippen LogP contribution is 2.08. The second-order valence-electron chi connectivity index (χ2n) is 13.6. The molecule has 0 spiro atoms. The minimum absolute atomic E-state index is 0.0905. The Kier molecular flexibility index (Phi) is 23.6. The van der Waals surface area contributed by atoms with Gasteiger partial charge in [-0.15, -0.1) is 0 Å². The van der Waals surface area contributed by atoms with Crippen LogP contribution in [0.5, 0.6) is 0 Å². The lowest BCUT2D eigenvalue weighted by Gasteiger charge is -2.20. The topological polar surface area (TPSA) is 239 Å². The molecule has 0 saturated heterocycles. The average Bonchev–Trinajstić information content (AvgIpc) is 3.12. The van der Waals surface area contributed by atoms with Gasteiger partial charge in [0.25, 0.3) is 0 Å². The van der Waals surface area contributed by atoms with E-state index in [1.807, 2.05) is 13.8 Å². The van der Waals surface area contributed by atoms with Gasteiger partial charge in [0.2, 0.25) is 35.4 Å². The molecular formula is C37H59N7O10. The molecule has 1 aromatic rings. The Morgan fingerprint density at radius 3 is 1.83 bits per heavy atom. The summed E-state index contributed by atoms with van der Waals surface area (Å²) in [5.41, 5.74) is 0.728. The van der Waals surface area contributed by atoms with Crippen molar-refractivity contribution < 1.29 is 47.8 Å². The summed E-state index contributed by atoms with van der Waals surface area (Å²) in [7, 11) is 0. The molecule has 0 aromatic heterocycles. The van der Waals surface area contributed by atoms with E-state index in [1.165, 1.54) is 0 Å². The normalized spacial score (nSPS) is 12.1. The molecule has 0 unspecified atom stereocenters. The number of nitrogens with one attached hydrogen (secondary N) is 7. The number of unbranched alkanes of at least 4 members (excludes halogenated alkanes) is 1. The molecule has 0 aliphatic heterocycles. The number of Topliss-reactive ketones (excluding diaryl/α,β-unsaturated/α-hetero) is 2. The molecule has 6 amide bonds. The van der Waals surface area contributed by atoms with Crippen LogP contribution in [0.2, 0.25) is 0 Å². The van der Waals surface area contributed by atoms with Crippen LogP contribution in [0.4, 0.5) is 0 Å². The lowest BCUT2D eigenvalue weighted by atomic mass is 9.97. The predicted octanol–water partition coefficient (Wildman–Crippen LogP) is -0.727. The zero-order valence-electron chi connectivity index (χ0n) is 32.3. The fourth-order valence-corrected chi connectivity index (χ4v) is 4.60. The van der Waals surface area contributed by atoms with Crippen molar-refractivity contribution >= 4 is 47.0 Å². The van der Waals surface area contributed by atoms with Crippen LogP contribution >= 0.6 is 0 Å². The Morgan fingerprint density at radius 2 is 1.19 bits per heavy atom. The fraction of sp³-hybridized carbons (Fsp3) is 0.622. The van der Waals surface area contributed by atoms with Crippen molar-refractivity contribution in [1.29, 1.82) is 0 Å². The molecule has 302 valence electrons. The number of amides is 6. The minimum Gasteiger partial charge on any atom is -0.362 e. The van der Waals surface area contributed by atoms with Crippen LogP contribution in [0.3, 0.4) is 0 Å². The third kappa shape index (κ3) is 22.4. The van der Waals surface area contributed by atoms with E-state index in [0.717, 1.165) is 24.9 Å². The van der Waals surface area contributed by atoms with E-state index in [2.05, 4.69) is 37.2 Å². The van der Waals surface area contributed by atoms with Gasteiger partial charge in [-0.3, -0.25) is 38.4 Å². The van der Waals surface area contributed by atoms with E-state index in [-0.39, 0.29) is 43.2 Å². The molecule has 0 heterocycles. The Balaban J connectivity index is 2.48. The van der Waals surface area contributed by atoms with Crippen molar-refractivity contribution in [3.8, 4) is 0 Å². The molecule has 7 N–H and O–H groups in total. The maximum atomic E-state index is 12.9. The van der Waals surface area contributed by atoms with Crippen LogP contribution < -0.4 is 37.2 Å². The van der Waals surface area contributed by atoms with E-state index in [0.29, 0.717) is 12.5 Å². The van der Waals surface area contributed by atoms with Gasteiger partial charge in [0.15, 0.2) is 11.6 Å². The first-order valence-electron chi connectivity index (χ1n) is 18.2. The summed E-state index contributed by atoms with van der Waals surface area (Å²) >= 11 is 0. The maximum Gasteiger partial charge on any atom is 0.246 e. The summed E-state index contributed by atoms with van der Waals surface area (Å²) in [6.07, 6.45) is 2.16. The Bertz CT molecular complexity index is 1370. The van der Waals surface area contributed by atoms with E-state index in [4.69, 9.17) is 9.47 Å². The first-order chi connectivity index (χ1) is 25.6. The highest BCUT2D eigenvalue weighted by molar-refractivity contribution is 5.93. The largest absolute Gasteiger partial charge is 0.362 e. The Labute approximate surface area is 317 Å². The highest BCUT2D eigenvalue weighted by atomic mass is 16.5. The van der Waals surface area contributed by atoms with Crippen LogP contribution in [0.15, 0.2) is 30.3 Å². The molecule has 0 fully saturated rings. The second kappa shape index (κ2) is 26.9. The van der Waals surface area contributed by atoms with Gasteiger partial charge in [-0.25, -0.2) is 0 Å². The third-order valence-corrected chi connectivity index (χ3v) is 7.70. The van der Waals surface area contributed by atoms with Crippen LogP contribution in [-0.2, 0) is 54.3 Å². The predicted molar refractivity (Wildman–Crippen MR) is 199 cm³/mol. The quantitative estimate of drug-likeness (QED) is 0.0415. The number of hydrogen-bond donors (Lipinski definition) is 7. The van der Waals surface area contributed by atoms with E-state index in [9.17, 15) is 38.4 Å². The van der Waals surface area contributed by atoms with Gasteiger partial charge in [-0.1, -0.05) is 71.9 Å². The number of benzene rings is 1. The average molecular weight is 762 g/mol. The van der Waals surface area contributed by atoms with Crippen molar-refractivity contribution in [2.75, 3.05) is 52.7 Å². The van der Waals surface area contributed by atoms with Crippen molar-refractivity contribution in [2.45, 2.75) is 85.4 Å². The number of carbonyl (C=O) groups is 8. The molecule has 54 heavy (non-hydrogen) atoms. The highest BCUT2D eigenvalue weighted by Gasteiger charge is 2.24. The monoisotopic (exact) mass is 761 g/mol. The maximum absolute atomic E-state index is 12.9. The van der Waals surface area contributed by atoms with Crippen LogP contribution in [0.25, 0.3) is 0 Å². The fourth-order valence-electron chi connectivity index (χ4n) is 4.60. The van der Waals surface area contributed by atoms with E-state index >= 15 is 0 Å². The minimum atomic E-state index is -1.09. The molecule has 2 atom stereocenters. The lowest BCUT2D eigenvalue weighted by molar-refractivity contribution is -0.135. The molecule has 1 rings (SSSR count). The number of ketones is 2. The smallest absolute Gasteiger partial charge is 0.246 e. The van der Waals surface area contributed by atoms with Crippen molar-refractivity contribution in [3.63, 3.8) is 0 Å². The number of rotatable bonds is 28.